The average Bonchev–Trinajstić information content (AvgIpc) is 3.04. The van der Waals surface area contributed by atoms with Crippen molar-refractivity contribution >= 4 is 11.9 Å². The fourth-order valence-corrected chi connectivity index (χ4v) is 2.18. The normalized spacial score (nSPS) is 9.92. The van der Waals surface area contributed by atoms with Crippen LogP contribution in [0.5, 0.6) is 5.75 Å². The number of carbonyl (C=O) groups excluding carboxylic acids is 2. The minimum absolute atomic E-state index is 0.0287. The summed E-state index contributed by atoms with van der Waals surface area (Å²) in [5.74, 6) is -1.55. The van der Waals surface area contributed by atoms with Gasteiger partial charge in [0.25, 0.3) is 0 Å². The molecule has 0 saturated heterocycles. The molecule has 0 atom stereocenters. The third kappa shape index (κ3) is 4.31. The lowest BCUT2D eigenvalue weighted by Gasteiger charge is -2.09. The number of ether oxygens (including phenoxy) is 3. The van der Waals surface area contributed by atoms with Crippen molar-refractivity contribution in [1.29, 1.82) is 0 Å². The second-order valence-electron chi connectivity index (χ2n) is 4.96. The zero-order valence-corrected chi connectivity index (χ0v) is 14.3. The Morgan fingerprint density at radius 1 is 1.19 bits per heavy atom. The Kier molecular flexibility index (Phi) is 6.58. The standard InChI is InChI=1S/C16H17N5O5/c1-24-15(22)12-14(26-10-11-6-4-3-5-7-11)13(16(23)25-2)21(19-12)9-8-18-20-17/h3-7H,8-10H2,1-2H3. The van der Waals surface area contributed by atoms with Gasteiger partial charge in [0.15, 0.2) is 11.4 Å². The molecule has 1 aromatic heterocycles. The monoisotopic (exact) mass is 359 g/mol. The average molecular weight is 359 g/mol. The molecule has 10 nitrogen and oxygen atoms in total. The van der Waals surface area contributed by atoms with Crippen molar-refractivity contribution in [2.24, 2.45) is 5.11 Å². The number of nitrogens with zero attached hydrogens (tertiary/aromatic N) is 5. The van der Waals surface area contributed by atoms with E-state index in [1.54, 1.807) is 0 Å². The zero-order chi connectivity index (χ0) is 18.9. The maximum absolute atomic E-state index is 12.2. The summed E-state index contributed by atoms with van der Waals surface area (Å²) in [4.78, 5) is 26.9. The maximum atomic E-state index is 12.2. The molecule has 0 fully saturated rings. The summed E-state index contributed by atoms with van der Waals surface area (Å²) in [6, 6.07) is 9.20. The van der Waals surface area contributed by atoms with E-state index in [1.165, 1.54) is 18.9 Å². The van der Waals surface area contributed by atoms with E-state index in [4.69, 9.17) is 19.7 Å². The summed E-state index contributed by atoms with van der Waals surface area (Å²) in [6.07, 6.45) is 0. The van der Waals surface area contributed by atoms with E-state index >= 15 is 0 Å². The lowest BCUT2D eigenvalue weighted by molar-refractivity contribution is 0.0580. The first-order valence-electron chi connectivity index (χ1n) is 7.57. The molecule has 0 saturated carbocycles. The second-order valence-corrected chi connectivity index (χ2v) is 4.96. The summed E-state index contributed by atoms with van der Waals surface area (Å²) >= 11 is 0. The van der Waals surface area contributed by atoms with Crippen LogP contribution in [0, 0.1) is 0 Å². The Morgan fingerprint density at radius 3 is 2.50 bits per heavy atom. The minimum atomic E-state index is -0.763. The topological polar surface area (TPSA) is 128 Å². The smallest absolute Gasteiger partial charge is 0.362 e. The molecule has 0 bridgehead atoms. The Hall–Kier alpha value is -3.52. The van der Waals surface area contributed by atoms with E-state index in [0.717, 1.165) is 5.56 Å². The van der Waals surface area contributed by atoms with Crippen LogP contribution in [-0.4, -0.2) is 42.5 Å². The lowest BCUT2D eigenvalue weighted by atomic mass is 10.2. The third-order valence-corrected chi connectivity index (χ3v) is 3.37. The van der Waals surface area contributed by atoms with Crippen molar-refractivity contribution < 1.29 is 23.8 Å². The summed E-state index contributed by atoms with van der Waals surface area (Å²) in [6.45, 7) is 0.199. The van der Waals surface area contributed by atoms with Gasteiger partial charge in [0, 0.05) is 18.0 Å². The summed E-state index contributed by atoms with van der Waals surface area (Å²) in [5.41, 5.74) is 9.02. The number of methoxy groups -OCH3 is 2. The summed E-state index contributed by atoms with van der Waals surface area (Å²) < 4.78 is 16.4. The number of carbonyl (C=O) groups is 2. The highest BCUT2D eigenvalue weighted by Crippen LogP contribution is 2.27. The van der Waals surface area contributed by atoms with Crippen molar-refractivity contribution in [3.8, 4) is 5.75 Å². The molecule has 136 valence electrons. The highest BCUT2D eigenvalue weighted by atomic mass is 16.5. The van der Waals surface area contributed by atoms with Crippen LogP contribution in [0.1, 0.15) is 26.5 Å². The van der Waals surface area contributed by atoms with E-state index in [1.807, 2.05) is 30.3 Å². The van der Waals surface area contributed by atoms with Gasteiger partial charge >= 0.3 is 11.9 Å². The van der Waals surface area contributed by atoms with Gasteiger partial charge in [-0.2, -0.15) is 5.10 Å². The molecule has 0 aliphatic heterocycles. The van der Waals surface area contributed by atoms with E-state index < -0.39 is 11.9 Å². The number of rotatable bonds is 8. The first-order chi connectivity index (χ1) is 12.6. The minimum Gasteiger partial charge on any atom is -0.484 e. The SMILES string of the molecule is COC(=O)c1nn(CCN=[N+]=[N-])c(C(=O)OC)c1OCc1ccccc1. The number of aromatic nitrogens is 2. The van der Waals surface area contributed by atoms with Crippen molar-refractivity contribution in [2.75, 3.05) is 20.8 Å². The molecule has 26 heavy (non-hydrogen) atoms. The quantitative estimate of drug-likeness (QED) is 0.308. The van der Waals surface area contributed by atoms with Crippen LogP contribution in [0.4, 0.5) is 0 Å². The van der Waals surface area contributed by atoms with Gasteiger partial charge in [0.2, 0.25) is 5.69 Å². The van der Waals surface area contributed by atoms with Crippen LogP contribution < -0.4 is 4.74 Å². The van der Waals surface area contributed by atoms with Crippen LogP contribution in [0.2, 0.25) is 0 Å². The largest absolute Gasteiger partial charge is 0.484 e. The van der Waals surface area contributed by atoms with E-state index in [0.29, 0.717) is 0 Å². The molecule has 10 heteroatoms. The third-order valence-electron chi connectivity index (χ3n) is 3.37. The molecule has 0 N–H and O–H groups in total. The number of benzene rings is 1. The molecule has 0 unspecified atom stereocenters. The van der Waals surface area contributed by atoms with Crippen LogP contribution in [0.3, 0.4) is 0 Å². The number of hydrogen-bond acceptors (Lipinski definition) is 7. The number of esters is 2. The van der Waals surface area contributed by atoms with Gasteiger partial charge in [-0.15, -0.1) is 0 Å². The molecule has 0 aliphatic carbocycles. The Labute approximate surface area is 148 Å². The van der Waals surface area contributed by atoms with Gasteiger partial charge in [-0.05, 0) is 11.1 Å². The Morgan fingerprint density at radius 2 is 1.88 bits per heavy atom. The molecule has 1 aromatic carbocycles. The van der Waals surface area contributed by atoms with Crippen LogP contribution in [-0.2, 0) is 22.6 Å². The maximum Gasteiger partial charge on any atom is 0.362 e. The van der Waals surface area contributed by atoms with Crippen molar-refractivity contribution in [3.05, 3.63) is 57.7 Å². The molecular weight excluding hydrogens is 342 g/mol. The Balaban J connectivity index is 2.43. The second kappa shape index (κ2) is 9.09. The van der Waals surface area contributed by atoms with Crippen LogP contribution in [0.15, 0.2) is 35.4 Å². The first kappa shape index (κ1) is 18.8. The summed E-state index contributed by atoms with van der Waals surface area (Å²) in [7, 11) is 2.39. The van der Waals surface area contributed by atoms with Crippen LogP contribution >= 0.6 is 0 Å². The highest BCUT2D eigenvalue weighted by Gasteiger charge is 2.30. The lowest BCUT2D eigenvalue weighted by Crippen LogP contribution is -2.14. The predicted molar refractivity (Wildman–Crippen MR) is 89.7 cm³/mol. The van der Waals surface area contributed by atoms with E-state index in [-0.39, 0.29) is 36.8 Å². The van der Waals surface area contributed by atoms with Gasteiger partial charge in [-0.3, -0.25) is 4.68 Å². The fraction of sp³-hybridized carbons (Fsp3) is 0.312. The van der Waals surface area contributed by atoms with E-state index in [2.05, 4.69) is 15.1 Å². The van der Waals surface area contributed by atoms with E-state index in [9.17, 15) is 9.59 Å². The van der Waals surface area contributed by atoms with Gasteiger partial charge in [0.05, 0.1) is 14.2 Å². The molecular formula is C16H17N5O5. The molecule has 1 heterocycles. The molecule has 0 amide bonds. The first-order valence-corrected chi connectivity index (χ1v) is 7.57. The highest BCUT2D eigenvalue weighted by molar-refractivity contribution is 5.98. The Bertz CT molecular complexity index is 827. The molecule has 2 rings (SSSR count). The van der Waals surface area contributed by atoms with Gasteiger partial charge < -0.3 is 14.2 Å². The van der Waals surface area contributed by atoms with Gasteiger partial charge in [0.1, 0.15) is 6.61 Å². The molecule has 0 radical (unpaired) electrons. The summed E-state index contributed by atoms with van der Waals surface area (Å²) in [5, 5.41) is 7.47. The van der Waals surface area contributed by atoms with Crippen molar-refractivity contribution in [2.45, 2.75) is 13.2 Å². The molecule has 0 spiro atoms. The fourth-order valence-electron chi connectivity index (χ4n) is 2.18. The number of hydrogen-bond donors (Lipinski definition) is 0. The molecule has 2 aromatic rings. The van der Waals surface area contributed by atoms with Crippen molar-refractivity contribution in [3.63, 3.8) is 0 Å². The van der Waals surface area contributed by atoms with Crippen LogP contribution in [0.25, 0.3) is 10.4 Å². The van der Waals surface area contributed by atoms with Gasteiger partial charge in [-0.25, -0.2) is 9.59 Å². The predicted octanol–water partition coefficient (Wildman–Crippen LogP) is 2.35. The van der Waals surface area contributed by atoms with Crippen molar-refractivity contribution in [1.82, 2.24) is 9.78 Å². The molecule has 0 aliphatic rings. The number of azide groups is 1. The zero-order valence-electron chi connectivity index (χ0n) is 14.3. The van der Waals surface area contributed by atoms with Gasteiger partial charge in [-0.1, -0.05) is 35.4 Å².